The second-order valence-electron chi connectivity index (χ2n) is 7.08. The summed E-state index contributed by atoms with van der Waals surface area (Å²) in [6, 6.07) is 2.54. The second-order valence-corrected chi connectivity index (χ2v) is 7.89. The van der Waals surface area contributed by atoms with E-state index in [1.54, 1.807) is 6.92 Å². The molecule has 2 heterocycles. The summed E-state index contributed by atoms with van der Waals surface area (Å²) in [4.78, 5) is 63.2. The number of benzene rings is 1. The summed E-state index contributed by atoms with van der Waals surface area (Å²) < 4.78 is 9.94. The van der Waals surface area contributed by atoms with Crippen molar-refractivity contribution in [3.05, 3.63) is 33.3 Å². The number of amides is 3. The molecule has 11 heteroatoms. The van der Waals surface area contributed by atoms with Crippen molar-refractivity contribution < 1.29 is 33.4 Å². The molecule has 31 heavy (non-hydrogen) atoms. The molecular formula is C20H20Cl2N2O7. The zero-order chi connectivity index (χ0) is 22.7. The Morgan fingerprint density at radius 3 is 2.06 bits per heavy atom. The van der Waals surface area contributed by atoms with Gasteiger partial charge in [0.05, 0.1) is 33.7 Å². The molecule has 0 spiro atoms. The van der Waals surface area contributed by atoms with Gasteiger partial charge < -0.3 is 14.4 Å². The molecule has 0 saturated carbocycles. The molecule has 0 bridgehead atoms. The Kier molecular flexibility index (Phi) is 7.17. The fourth-order valence-corrected chi connectivity index (χ4v) is 3.79. The molecule has 1 aromatic rings. The van der Waals surface area contributed by atoms with Crippen molar-refractivity contribution in [3.8, 4) is 0 Å². The summed E-state index contributed by atoms with van der Waals surface area (Å²) in [6.07, 6.45) is 0.942. The van der Waals surface area contributed by atoms with Crippen LogP contribution >= 0.6 is 23.2 Å². The molecule has 0 N–H and O–H groups in total. The molecule has 166 valence electrons. The third-order valence-electron chi connectivity index (χ3n) is 5.12. The number of ether oxygens (including phenoxy) is 2. The fraction of sp³-hybridized carbons (Fsp3) is 0.450. The third-order valence-corrected chi connectivity index (χ3v) is 5.85. The minimum Gasteiger partial charge on any atom is -0.466 e. The zero-order valence-electron chi connectivity index (χ0n) is 16.7. The molecule has 2 aliphatic heterocycles. The molecule has 0 aliphatic carbocycles. The van der Waals surface area contributed by atoms with Crippen molar-refractivity contribution in [3.63, 3.8) is 0 Å². The number of fused-ring (bicyclic) bond motifs is 1. The summed E-state index contributed by atoms with van der Waals surface area (Å²) in [5.74, 6) is -3.23. The second kappa shape index (κ2) is 9.65. The molecule has 0 unspecified atom stereocenters. The summed E-state index contributed by atoms with van der Waals surface area (Å²) in [7, 11) is 0. The Morgan fingerprint density at radius 1 is 1.00 bits per heavy atom. The first-order chi connectivity index (χ1) is 14.7. The van der Waals surface area contributed by atoms with Crippen LogP contribution in [-0.2, 0) is 23.9 Å². The number of hydrogen-bond donors (Lipinski definition) is 0. The highest BCUT2D eigenvalue weighted by atomic mass is 35.5. The molecule has 1 saturated heterocycles. The van der Waals surface area contributed by atoms with Crippen LogP contribution in [0.5, 0.6) is 0 Å². The van der Waals surface area contributed by atoms with Gasteiger partial charge in [-0.25, -0.2) is 0 Å². The maximum Gasteiger partial charge on any atom is 0.326 e. The van der Waals surface area contributed by atoms with Crippen LogP contribution in [0.4, 0.5) is 0 Å². The molecule has 0 atom stereocenters. The Morgan fingerprint density at radius 2 is 1.55 bits per heavy atom. The van der Waals surface area contributed by atoms with E-state index >= 15 is 0 Å². The standard InChI is InChI=1S/C20H20Cl2N2O7/c1-2-30-20(29)11-3-5-23(6-4-11)16(25)10-31-17(26)9-24-18(27)12-7-14(21)15(22)8-13(12)19(24)28/h7-8,11H,2-6,9-10H2,1H3. The number of likely N-dealkylation sites (tertiary alicyclic amines) is 1. The molecule has 0 radical (unpaired) electrons. The van der Waals surface area contributed by atoms with Crippen LogP contribution in [0.25, 0.3) is 0 Å². The minimum atomic E-state index is -0.901. The average molecular weight is 471 g/mol. The largest absolute Gasteiger partial charge is 0.466 e. The smallest absolute Gasteiger partial charge is 0.326 e. The molecule has 1 fully saturated rings. The van der Waals surface area contributed by atoms with Crippen LogP contribution in [-0.4, -0.2) is 72.3 Å². The Bertz CT molecular complexity index is 901. The lowest BCUT2D eigenvalue weighted by atomic mass is 9.97. The van der Waals surface area contributed by atoms with Gasteiger partial charge in [0.2, 0.25) is 0 Å². The molecule has 2 aliphatic rings. The number of halogens is 2. The van der Waals surface area contributed by atoms with Crippen LogP contribution in [0.3, 0.4) is 0 Å². The van der Waals surface area contributed by atoms with Gasteiger partial charge in [0.25, 0.3) is 17.7 Å². The number of hydrogen-bond acceptors (Lipinski definition) is 7. The minimum absolute atomic E-state index is 0.0488. The van der Waals surface area contributed by atoms with E-state index < -0.39 is 36.8 Å². The van der Waals surface area contributed by atoms with Crippen molar-refractivity contribution in [2.24, 2.45) is 5.92 Å². The Labute approximate surface area is 188 Å². The lowest BCUT2D eigenvalue weighted by Gasteiger charge is -2.30. The number of piperidine rings is 1. The van der Waals surface area contributed by atoms with Gasteiger partial charge in [-0.3, -0.25) is 28.9 Å². The van der Waals surface area contributed by atoms with Crippen molar-refractivity contribution >= 4 is 52.9 Å². The summed E-state index contributed by atoms with van der Waals surface area (Å²) >= 11 is 11.8. The van der Waals surface area contributed by atoms with Crippen LogP contribution in [0.15, 0.2) is 12.1 Å². The average Bonchev–Trinajstić information content (AvgIpc) is 2.97. The van der Waals surface area contributed by atoms with Gasteiger partial charge in [-0.05, 0) is 31.9 Å². The summed E-state index contributed by atoms with van der Waals surface area (Å²) in [6.45, 7) is 1.57. The van der Waals surface area contributed by atoms with Crippen molar-refractivity contribution in [2.75, 3.05) is 32.8 Å². The van der Waals surface area contributed by atoms with Gasteiger partial charge in [-0.2, -0.15) is 0 Å². The maximum absolute atomic E-state index is 12.4. The van der Waals surface area contributed by atoms with E-state index in [1.807, 2.05) is 0 Å². The first-order valence-electron chi connectivity index (χ1n) is 9.68. The molecule has 3 amide bonds. The lowest BCUT2D eigenvalue weighted by Crippen LogP contribution is -2.43. The van der Waals surface area contributed by atoms with Crippen LogP contribution < -0.4 is 0 Å². The monoisotopic (exact) mass is 470 g/mol. The van der Waals surface area contributed by atoms with Crippen molar-refractivity contribution in [1.29, 1.82) is 0 Å². The highest BCUT2D eigenvalue weighted by molar-refractivity contribution is 6.43. The van der Waals surface area contributed by atoms with Crippen LogP contribution in [0, 0.1) is 5.92 Å². The number of nitrogens with zero attached hydrogens (tertiary/aromatic N) is 2. The normalized spacial score (nSPS) is 16.4. The SMILES string of the molecule is CCOC(=O)C1CCN(C(=O)COC(=O)CN2C(=O)c3cc(Cl)c(Cl)cc3C2=O)CC1. The highest BCUT2D eigenvalue weighted by Crippen LogP contribution is 2.31. The molecule has 9 nitrogen and oxygen atoms in total. The van der Waals surface area contributed by atoms with Crippen molar-refractivity contribution in [2.45, 2.75) is 19.8 Å². The van der Waals surface area contributed by atoms with Crippen LogP contribution in [0.1, 0.15) is 40.5 Å². The first-order valence-corrected chi connectivity index (χ1v) is 10.4. The van der Waals surface area contributed by atoms with Gasteiger partial charge in [-0.15, -0.1) is 0 Å². The third kappa shape index (κ3) is 4.99. The molecule has 3 rings (SSSR count). The summed E-state index contributed by atoms with van der Waals surface area (Å²) in [5, 5.41) is 0.228. The van der Waals surface area contributed by atoms with E-state index in [9.17, 15) is 24.0 Å². The summed E-state index contributed by atoms with van der Waals surface area (Å²) in [5.41, 5.74) is 0.0977. The van der Waals surface area contributed by atoms with E-state index in [-0.39, 0.29) is 33.1 Å². The number of carbonyl (C=O) groups excluding carboxylic acids is 5. The number of rotatable bonds is 6. The number of esters is 2. The quantitative estimate of drug-likeness (QED) is 0.461. The van der Waals surface area contributed by atoms with E-state index in [1.165, 1.54) is 17.0 Å². The van der Waals surface area contributed by atoms with E-state index in [0.29, 0.717) is 32.5 Å². The molecular weight excluding hydrogens is 451 g/mol. The predicted octanol–water partition coefficient (Wildman–Crippen LogP) is 1.93. The first kappa shape index (κ1) is 23.0. The maximum atomic E-state index is 12.4. The number of carbonyl (C=O) groups is 5. The zero-order valence-corrected chi connectivity index (χ0v) is 18.2. The predicted molar refractivity (Wildman–Crippen MR) is 109 cm³/mol. The van der Waals surface area contributed by atoms with Crippen molar-refractivity contribution in [1.82, 2.24) is 9.80 Å². The Hall–Kier alpha value is -2.65. The van der Waals surface area contributed by atoms with Crippen LogP contribution in [0.2, 0.25) is 10.0 Å². The van der Waals surface area contributed by atoms with Gasteiger partial charge in [0, 0.05) is 13.1 Å². The van der Waals surface area contributed by atoms with E-state index in [4.69, 9.17) is 32.7 Å². The van der Waals surface area contributed by atoms with E-state index in [0.717, 1.165) is 4.90 Å². The van der Waals surface area contributed by atoms with Gasteiger partial charge in [0.1, 0.15) is 6.54 Å². The van der Waals surface area contributed by atoms with E-state index in [2.05, 4.69) is 0 Å². The van der Waals surface area contributed by atoms with Gasteiger partial charge in [0.15, 0.2) is 6.61 Å². The number of imide groups is 1. The lowest BCUT2D eigenvalue weighted by molar-refractivity contribution is -0.154. The van der Waals surface area contributed by atoms with Gasteiger partial charge >= 0.3 is 11.9 Å². The fourth-order valence-electron chi connectivity index (χ4n) is 3.46. The molecule has 0 aromatic heterocycles. The highest BCUT2D eigenvalue weighted by Gasteiger charge is 2.38. The molecule has 1 aromatic carbocycles. The Balaban J connectivity index is 1.49. The topological polar surface area (TPSA) is 110 Å². The van der Waals surface area contributed by atoms with Gasteiger partial charge in [-0.1, -0.05) is 23.2 Å².